The third-order valence-corrected chi connectivity index (χ3v) is 4.59. The van der Waals surface area contributed by atoms with E-state index in [1.807, 2.05) is 26.1 Å². The van der Waals surface area contributed by atoms with Crippen LogP contribution in [-0.4, -0.2) is 62.6 Å². The highest BCUT2D eigenvalue weighted by atomic mass is 127. The lowest BCUT2D eigenvalue weighted by Crippen LogP contribution is -2.41. The second-order valence-electron chi connectivity index (χ2n) is 6.41. The number of nitrogens with zero attached hydrogens (tertiary/aromatic N) is 3. The number of nitrogens with one attached hydrogen (secondary N) is 1. The van der Waals surface area contributed by atoms with Crippen LogP contribution in [0.15, 0.2) is 29.3 Å². The van der Waals surface area contributed by atoms with E-state index in [0.717, 1.165) is 37.3 Å². The van der Waals surface area contributed by atoms with E-state index >= 15 is 0 Å². The van der Waals surface area contributed by atoms with Crippen molar-refractivity contribution in [1.29, 1.82) is 0 Å². The fourth-order valence-corrected chi connectivity index (χ4v) is 3.19. The van der Waals surface area contributed by atoms with Gasteiger partial charge in [0.15, 0.2) is 5.96 Å². The van der Waals surface area contributed by atoms with Gasteiger partial charge in [0.1, 0.15) is 5.75 Å². The maximum atomic E-state index is 5.49. The van der Waals surface area contributed by atoms with E-state index in [0.29, 0.717) is 6.61 Å². The van der Waals surface area contributed by atoms with Gasteiger partial charge in [-0.25, -0.2) is 0 Å². The molecule has 0 amide bonds. The summed E-state index contributed by atoms with van der Waals surface area (Å²) in [6.07, 6.45) is 1.28. The maximum absolute atomic E-state index is 5.49. The molecule has 0 saturated carbocycles. The molecule has 1 aromatic rings. The van der Waals surface area contributed by atoms with Crippen LogP contribution in [0.4, 0.5) is 0 Å². The van der Waals surface area contributed by atoms with Crippen LogP contribution in [0.3, 0.4) is 0 Å². The van der Waals surface area contributed by atoms with Gasteiger partial charge in [-0.05, 0) is 50.0 Å². The van der Waals surface area contributed by atoms with E-state index in [-0.39, 0.29) is 24.0 Å². The molecule has 0 bridgehead atoms. The van der Waals surface area contributed by atoms with Crippen molar-refractivity contribution in [3.63, 3.8) is 0 Å². The largest absolute Gasteiger partial charge is 0.494 e. The molecule has 142 valence electrons. The lowest BCUT2D eigenvalue weighted by atomic mass is 10.1. The summed E-state index contributed by atoms with van der Waals surface area (Å²) in [6.45, 7) is 10.3. The minimum absolute atomic E-state index is 0. The van der Waals surface area contributed by atoms with Gasteiger partial charge in [-0.1, -0.05) is 19.1 Å². The summed E-state index contributed by atoms with van der Waals surface area (Å²) in [7, 11) is 3.93. The molecule has 1 N–H and O–H groups in total. The SMILES string of the molecule is CCOc1ccc(CN(C)C(=NC)NCC2CCN(CC)C2)cc1.I. The Labute approximate surface area is 169 Å². The fraction of sp³-hybridized carbons (Fsp3) is 0.632. The number of likely N-dealkylation sites (tertiary alicyclic amines) is 1. The maximum Gasteiger partial charge on any atom is 0.193 e. The van der Waals surface area contributed by atoms with Crippen LogP contribution < -0.4 is 10.1 Å². The van der Waals surface area contributed by atoms with Crippen LogP contribution in [0.1, 0.15) is 25.8 Å². The third kappa shape index (κ3) is 7.01. The summed E-state index contributed by atoms with van der Waals surface area (Å²) in [5.41, 5.74) is 1.25. The number of guanidine groups is 1. The van der Waals surface area contributed by atoms with E-state index in [1.165, 1.54) is 25.1 Å². The Hall–Kier alpha value is -1.02. The molecule has 6 heteroatoms. The minimum atomic E-state index is 0. The van der Waals surface area contributed by atoms with Crippen LogP contribution >= 0.6 is 24.0 Å². The minimum Gasteiger partial charge on any atom is -0.494 e. The highest BCUT2D eigenvalue weighted by molar-refractivity contribution is 14.0. The summed E-state index contributed by atoms with van der Waals surface area (Å²) < 4.78 is 5.49. The van der Waals surface area contributed by atoms with Gasteiger partial charge in [0.25, 0.3) is 0 Å². The van der Waals surface area contributed by atoms with Gasteiger partial charge in [0.2, 0.25) is 0 Å². The molecule has 0 spiro atoms. The fourth-order valence-electron chi connectivity index (χ4n) is 3.19. The van der Waals surface area contributed by atoms with Crippen molar-refractivity contribution in [1.82, 2.24) is 15.1 Å². The standard InChI is InChI=1S/C19H32N4O.HI/c1-5-23-12-11-17(15-23)13-21-19(20-3)22(4)14-16-7-9-18(10-8-16)24-6-2;/h7-10,17H,5-6,11-15H2,1-4H3,(H,20,21);1H. The van der Waals surface area contributed by atoms with E-state index in [4.69, 9.17) is 4.74 Å². The van der Waals surface area contributed by atoms with Gasteiger partial charge in [-0.3, -0.25) is 4.99 Å². The number of hydrogen-bond donors (Lipinski definition) is 1. The van der Waals surface area contributed by atoms with E-state index in [1.54, 1.807) is 0 Å². The van der Waals surface area contributed by atoms with Crippen molar-refractivity contribution >= 4 is 29.9 Å². The van der Waals surface area contributed by atoms with Crippen molar-refractivity contribution in [2.75, 3.05) is 46.9 Å². The van der Waals surface area contributed by atoms with Crippen molar-refractivity contribution in [2.45, 2.75) is 26.8 Å². The number of ether oxygens (including phenoxy) is 1. The normalized spacial score (nSPS) is 17.9. The van der Waals surface area contributed by atoms with Crippen LogP contribution in [0, 0.1) is 5.92 Å². The van der Waals surface area contributed by atoms with Crippen LogP contribution in [0.25, 0.3) is 0 Å². The Morgan fingerprint density at radius 3 is 2.60 bits per heavy atom. The van der Waals surface area contributed by atoms with Crippen LogP contribution in [-0.2, 0) is 6.54 Å². The molecular formula is C19H33IN4O. The Balaban J connectivity index is 0.00000312. The van der Waals surface area contributed by atoms with Gasteiger partial charge in [-0.15, -0.1) is 24.0 Å². The molecule has 0 aromatic heterocycles. The molecule has 1 unspecified atom stereocenters. The third-order valence-electron chi connectivity index (χ3n) is 4.59. The first-order chi connectivity index (χ1) is 11.7. The Morgan fingerprint density at radius 1 is 1.32 bits per heavy atom. The molecule has 2 rings (SSSR count). The zero-order chi connectivity index (χ0) is 17.4. The van der Waals surface area contributed by atoms with E-state index < -0.39 is 0 Å². The Bertz CT molecular complexity index is 521. The first-order valence-electron chi connectivity index (χ1n) is 9.02. The molecule has 1 aromatic carbocycles. The van der Waals surface area contributed by atoms with Gasteiger partial charge >= 0.3 is 0 Å². The average molecular weight is 460 g/mol. The van der Waals surface area contributed by atoms with Crippen LogP contribution in [0.5, 0.6) is 5.75 Å². The molecule has 1 heterocycles. The molecule has 5 nitrogen and oxygen atoms in total. The smallest absolute Gasteiger partial charge is 0.193 e. The van der Waals surface area contributed by atoms with Crippen molar-refractivity contribution in [3.05, 3.63) is 29.8 Å². The highest BCUT2D eigenvalue weighted by Gasteiger charge is 2.21. The first-order valence-corrected chi connectivity index (χ1v) is 9.02. The first kappa shape index (κ1) is 22.0. The molecule has 25 heavy (non-hydrogen) atoms. The van der Waals surface area contributed by atoms with E-state index in [9.17, 15) is 0 Å². The molecular weight excluding hydrogens is 427 g/mol. The van der Waals surface area contributed by atoms with Gasteiger partial charge in [-0.2, -0.15) is 0 Å². The molecule has 1 aliphatic heterocycles. The summed E-state index contributed by atoms with van der Waals surface area (Å²) in [6, 6.07) is 8.29. The quantitative estimate of drug-likeness (QED) is 0.386. The van der Waals surface area contributed by atoms with Crippen molar-refractivity contribution in [3.8, 4) is 5.75 Å². The molecule has 0 aliphatic carbocycles. The summed E-state index contributed by atoms with van der Waals surface area (Å²) in [5.74, 6) is 2.60. The number of hydrogen-bond acceptors (Lipinski definition) is 3. The highest BCUT2D eigenvalue weighted by Crippen LogP contribution is 2.15. The second-order valence-corrected chi connectivity index (χ2v) is 6.41. The molecule has 1 atom stereocenters. The lowest BCUT2D eigenvalue weighted by molar-refractivity contribution is 0.339. The van der Waals surface area contributed by atoms with Gasteiger partial charge < -0.3 is 19.9 Å². The molecule has 0 radical (unpaired) electrons. The van der Waals surface area contributed by atoms with Crippen molar-refractivity contribution in [2.24, 2.45) is 10.9 Å². The summed E-state index contributed by atoms with van der Waals surface area (Å²) in [5, 5.41) is 3.53. The predicted octanol–water partition coefficient (Wildman–Crippen LogP) is 3.05. The topological polar surface area (TPSA) is 40.1 Å². The summed E-state index contributed by atoms with van der Waals surface area (Å²) in [4.78, 5) is 9.11. The molecule has 1 aliphatic rings. The zero-order valence-electron chi connectivity index (χ0n) is 16.0. The number of halogens is 1. The summed E-state index contributed by atoms with van der Waals surface area (Å²) >= 11 is 0. The second kappa shape index (κ2) is 11.6. The predicted molar refractivity (Wildman–Crippen MR) is 116 cm³/mol. The molecule has 1 fully saturated rings. The number of rotatable bonds is 7. The number of aliphatic imine (C=N–C) groups is 1. The van der Waals surface area contributed by atoms with Crippen LogP contribution in [0.2, 0.25) is 0 Å². The average Bonchev–Trinajstić information content (AvgIpc) is 3.05. The monoisotopic (exact) mass is 460 g/mol. The Morgan fingerprint density at radius 2 is 2.04 bits per heavy atom. The van der Waals surface area contributed by atoms with Gasteiger partial charge in [0.05, 0.1) is 6.61 Å². The van der Waals surface area contributed by atoms with Gasteiger partial charge in [0, 0.05) is 33.7 Å². The van der Waals surface area contributed by atoms with E-state index in [2.05, 4.69) is 46.2 Å². The van der Waals surface area contributed by atoms with Crippen molar-refractivity contribution < 1.29 is 4.74 Å². The molecule has 1 saturated heterocycles. The number of benzene rings is 1. The zero-order valence-corrected chi connectivity index (χ0v) is 18.3. The Kier molecular flexibility index (Phi) is 10.2. The lowest BCUT2D eigenvalue weighted by Gasteiger charge is -2.23.